The molecule has 2 fully saturated rings. The number of amides is 4. The van der Waals surface area contributed by atoms with Crippen LogP contribution in [0.15, 0.2) is 30.7 Å². The lowest BCUT2D eigenvalue weighted by Crippen LogP contribution is -2.45. The van der Waals surface area contributed by atoms with Crippen LogP contribution in [0.3, 0.4) is 0 Å². The molecule has 4 amide bonds. The van der Waals surface area contributed by atoms with Gasteiger partial charge < -0.3 is 15.0 Å². The van der Waals surface area contributed by atoms with Crippen LogP contribution in [0.2, 0.25) is 5.02 Å². The minimum atomic E-state index is -0.759. The van der Waals surface area contributed by atoms with Crippen molar-refractivity contribution in [2.45, 2.75) is 37.8 Å². The molecule has 2 atom stereocenters. The van der Waals surface area contributed by atoms with E-state index in [9.17, 15) is 14.4 Å². The van der Waals surface area contributed by atoms with Crippen LogP contribution in [-0.4, -0.2) is 70.0 Å². The zero-order valence-corrected chi connectivity index (χ0v) is 18.8. The highest BCUT2D eigenvalue weighted by Crippen LogP contribution is 2.23. The summed E-state index contributed by atoms with van der Waals surface area (Å²) < 4.78 is 5.38. The van der Waals surface area contributed by atoms with Crippen molar-refractivity contribution in [3.8, 4) is 0 Å². The molecule has 4 heterocycles. The van der Waals surface area contributed by atoms with Crippen LogP contribution in [0, 0.1) is 0 Å². The highest BCUT2D eigenvalue weighted by molar-refractivity contribution is 6.30. The van der Waals surface area contributed by atoms with Gasteiger partial charge in [-0.1, -0.05) is 11.6 Å². The van der Waals surface area contributed by atoms with Crippen LogP contribution in [0.1, 0.15) is 25.7 Å². The first-order chi connectivity index (χ1) is 15.9. The quantitative estimate of drug-likeness (QED) is 0.681. The Bertz CT molecular complexity index is 1020. The standard InChI is InChI=1S/C21H24ClN7O4/c1-33-15-8-16(29(12-15)21(32)27-17-6-5-13(22)9-23-17)19(31)26-14-10-24-20(25-11-14)28-7-3-2-4-18(28)30/h5-6,9-11,15-16H,2-4,7-8,12H2,1H3,(H,26,31)(H,23,27,32). The summed E-state index contributed by atoms with van der Waals surface area (Å²) in [6.45, 7) is 0.831. The second-order valence-corrected chi connectivity index (χ2v) is 8.25. The number of nitrogens with one attached hydrogen (secondary N) is 2. The highest BCUT2D eigenvalue weighted by atomic mass is 35.5. The summed E-state index contributed by atoms with van der Waals surface area (Å²) in [5.41, 5.74) is 0.369. The van der Waals surface area contributed by atoms with E-state index in [4.69, 9.17) is 16.3 Å². The number of hydrogen-bond acceptors (Lipinski definition) is 7. The normalized spacial score (nSPS) is 20.6. The summed E-state index contributed by atoms with van der Waals surface area (Å²) in [6, 6.07) is 1.95. The van der Waals surface area contributed by atoms with Gasteiger partial charge in [-0.2, -0.15) is 0 Å². The fraction of sp³-hybridized carbons (Fsp3) is 0.429. The molecule has 33 heavy (non-hydrogen) atoms. The molecule has 4 rings (SSSR count). The molecular formula is C21H24ClN7O4. The van der Waals surface area contributed by atoms with Crippen molar-refractivity contribution in [2.75, 3.05) is 35.7 Å². The van der Waals surface area contributed by atoms with E-state index in [1.165, 1.54) is 30.6 Å². The van der Waals surface area contributed by atoms with Gasteiger partial charge in [0.2, 0.25) is 17.8 Å². The predicted molar refractivity (Wildman–Crippen MR) is 121 cm³/mol. The van der Waals surface area contributed by atoms with Gasteiger partial charge in [-0.15, -0.1) is 0 Å². The number of rotatable bonds is 5. The number of likely N-dealkylation sites (tertiary alicyclic amines) is 1. The lowest BCUT2D eigenvalue weighted by molar-refractivity contribution is -0.120. The van der Waals surface area contributed by atoms with Crippen molar-refractivity contribution in [3.63, 3.8) is 0 Å². The van der Waals surface area contributed by atoms with Gasteiger partial charge in [0.1, 0.15) is 11.9 Å². The molecule has 11 nitrogen and oxygen atoms in total. The van der Waals surface area contributed by atoms with Crippen LogP contribution in [0.4, 0.5) is 22.2 Å². The summed E-state index contributed by atoms with van der Waals surface area (Å²) in [4.78, 5) is 53.3. The number of urea groups is 1. The average molecular weight is 474 g/mol. The molecule has 2 saturated heterocycles. The lowest BCUT2D eigenvalue weighted by Gasteiger charge is -2.25. The molecule has 0 bridgehead atoms. The van der Waals surface area contributed by atoms with Gasteiger partial charge in [0.05, 0.1) is 29.2 Å². The van der Waals surface area contributed by atoms with E-state index < -0.39 is 12.1 Å². The number of ether oxygens (including phenoxy) is 1. The number of carbonyl (C=O) groups is 3. The van der Waals surface area contributed by atoms with Crippen molar-refractivity contribution in [1.29, 1.82) is 0 Å². The Morgan fingerprint density at radius 1 is 1.12 bits per heavy atom. The van der Waals surface area contributed by atoms with Crippen molar-refractivity contribution >= 4 is 46.9 Å². The number of piperidine rings is 1. The maximum absolute atomic E-state index is 13.0. The molecule has 174 valence electrons. The Hall–Kier alpha value is -3.31. The van der Waals surface area contributed by atoms with Crippen LogP contribution >= 0.6 is 11.6 Å². The van der Waals surface area contributed by atoms with Crippen LogP contribution in [0.5, 0.6) is 0 Å². The summed E-state index contributed by atoms with van der Waals surface area (Å²) in [6.07, 6.45) is 6.63. The molecular weight excluding hydrogens is 450 g/mol. The van der Waals surface area contributed by atoms with E-state index in [0.717, 1.165) is 12.8 Å². The van der Waals surface area contributed by atoms with E-state index in [1.54, 1.807) is 17.0 Å². The molecule has 2 aromatic rings. The smallest absolute Gasteiger partial charge is 0.323 e. The summed E-state index contributed by atoms with van der Waals surface area (Å²) >= 11 is 5.83. The number of methoxy groups -OCH3 is 1. The second-order valence-electron chi connectivity index (χ2n) is 7.82. The topological polar surface area (TPSA) is 130 Å². The number of aromatic nitrogens is 3. The van der Waals surface area contributed by atoms with Gasteiger partial charge >= 0.3 is 6.03 Å². The average Bonchev–Trinajstić information content (AvgIpc) is 3.27. The molecule has 2 aliphatic heterocycles. The zero-order chi connectivity index (χ0) is 23.4. The first kappa shape index (κ1) is 22.9. The monoisotopic (exact) mass is 473 g/mol. The number of carbonyl (C=O) groups excluding carboxylic acids is 3. The third kappa shape index (κ3) is 5.37. The Kier molecular flexibility index (Phi) is 6.99. The number of pyridine rings is 1. The highest BCUT2D eigenvalue weighted by Gasteiger charge is 2.40. The van der Waals surface area contributed by atoms with Crippen LogP contribution < -0.4 is 15.5 Å². The minimum Gasteiger partial charge on any atom is -0.380 e. The molecule has 12 heteroatoms. The second kappa shape index (κ2) is 10.1. The van der Waals surface area contributed by atoms with Gasteiger partial charge in [-0.05, 0) is 25.0 Å². The van der Waals surface area contributed by atoms with Crippen molar-refractivity contribution in [3.05, 3.63) is 35.7 Å². The van der Waals surface area contributed by atoms with Crippen molar-refractivity contribution < 1.29 is 19.1 Å². The van der Waals surface area contributed by atoms with E-state index in [0.29, 0.717) is 41.9 Å². The number of halogens is 1. The number of nitrogens with zero attached hydrogens (tertiary/aromatic N) is 5. The maximum atomic E-state index is 13.0. The molecule has 0 aromatic carbocycles. The molecule has 2 aromatic heterocycles. The Balaban J connectivity index is 1.42. The Morgan fingerprint density at radius 2 is 1.91 bits per heavy atom. The fourth-order valence-electron chi connectivity index (χ4n) is 3.84. The molecule has 0 aliphatic carbocycles. The number of anilines is 3. The molecule has 2 N–H and O–H groups in total. The third-order valence-corrected chi connectivity index (χ3v) is 5.82. The molecule has 2 unspecified atom stereocenters. The van der Waals surface area contributed by atoms with Crippen molar-refractivity contribution in [2.24, 2.45) is 0 Å². The third-order valence-electron chi connectivity index (χ3n) is 5.59. The van der Waals surface area contributed by atoms with E-state index in [-0.39, 0.29) is 24.5 Å². The first-order valence-corrected chi connectivity index (χ1v) is 11.0. The minimum absolute atomic E-state index is 0.00794. The van der Waals surface area contributed by atoms with Gasteiger partial charge in [0.15, 0.2) is 0 Å². The van der Waals surface area contributed by atoms with Crippen molar-refractivity contribution in [1.82, 2.24) is 19.9 Å². The molecule has 0 radical (unpaired) electrons. The largest absolute Gasteiger partial charge is 0.380 e. The molecule has 0 saturated carbocycles. The van der Waals surface area contributed by atoms with Gasteiger partial charge in [-0.3, -0.25) is 19.8 Å². The Labute approximate surface area is 195 Å². The van der Waals surface area contributed by atoms with Crippen LogP contribution in [0.25, 0.3) is 0 Å². The zero-order valence-electron chi connectivity index (χ0n) is 18.0. The maximum Gasteiger partial charge on any atom is 0.323 e. The first-order valence-electron chi connectivity index (χ1n) is 10.6. The van der Waals surface area contributed by atoms with E-state index >= 15 is 0 Å². The van der Waals surface area contributed by atoms with Gasteiger partial charge in [0, 0.05) is 39.2 Å². The van der Waals surface area contributed by atoms with Gasteiger partial charge in [-0.25, -0.2) is 19.7 Å². The lowest BCUT2D eigenvalue weighted by atomic mass is 10.1. The predicted octanol–water partition coefficient (Wildman–Crippen LogP) is 2.30. The fourth-order valence-corrected chi connectivity index (χ4v) is 3.95. The SMILES string of the molecule is COC1CC(C(=O)Nc2cnc(N3CCCCC3=O)nc2)N(C(=O)Nc2ccc(Cl)cn2)C1. The summed E-state index contributed by atoms with van der Waals surface area (Å²) in [7, 11) is 1.54. The van der Waals surface area contributed by atoms with E-state index in [1.807, 2.05) is 0 Å². The Morgan fingerprint density at radius 3 is 2.58 bits per heavy atom. The van der Waals surface area contributed by atoms with Crippen LogP contribution in [-0.2, 0) is 14.3 Å². The molecule has 2 aliphatic rings. The summed E-state index contributed by atoms with van der Waals surface area (Å²) in [5.74, 6) is 0.237. The summed E-state index contributed by atoms with van der Waals surface area (Å²) in [5, 5.41) is 5.87. The van der Waals surface area contributed by atoms with E-state index in [2.05, 4.69) is 25.6 Å². The van der Waals surface area contributed by atoms with Gasteiger partial charge in [0.25, 0.3) is 0 Å². The number of hydrogen-bond donors (Lipinski definition) is 2. The molecule has 0 spiro atoms.